The Hall–Kier alpha value is -0.0800. The van der Waals surface area contributed by atoms with Crippen LogP contribution in [0.2, 0.25) is 0 Å². The minimum Gasteiger partial charge on any atom is -0.312 e. The Balaban J connectivity index is 1.80. The van der Waals surface area contributed by atoms with Crippen molar-refractivity contribution in [3.05, 3.63) is 0 Å². The van der Waals surface area contributed by atoms with Crippen LogP contribution < -0.4 is 10.6 Å². The van der Waals surface area contributed by atoms with Crippen molar-refractivity contribution in [1.29, 1.82) is 0 Å². The fourth-order valence-corrected chi connectivity index (χ4v) is 2.44. The van der Waals surface area contributed by atoms with Crippen LogP contribution in [-0.2, 0) is 0 Å². The van der Waals surface area contributed by atoms with Gasteiger partial charge in [-0.2, -0.15) is 0 Å². The van der Waals surface area contributed by atoms with Crippen LogP contribution in [0.3, 0.4) is 0 Å². The van der Waals surface area contributed by atoms with E-state index in [1.807, 2.05) is 0 Å². The average Bonchev–Trinajstić information content (AvgIpc) is 2.21. The lowest BCUT2D eigenvalue weighted by atomic mass is 9.92. The molecule has 2 heterocycles. The van der Waals surface area contributed by atoms with Gasteiger partial charge in [0.05, 0.1) is 0 Å². The van der Waals surface area contributed by atoms with E-state index in [2.05, 4.69) is 10.6 Å². The second kappa shape index (κ2) is 4.24. The Morgan fingerprint density at radius 1 is 0.667 bits per heavy atom. The number of nitrogens with one attached hydrogen (secondary N) is 2. The smallest absolute Gasteiger partial charge is 0.0221 e. The van der Waals surface area contributed by atoms with E-state index >= 15 is 0 Å². The van der Waals surface area contributed by atoms with Crippen LogP contribution >= 0.6 is 0 Å². The maximum absolute atomic E-state index is 3.63. The summed E-state index contributed by atoms with van der Waals surface area (Å²) in [6.45, 7) is 2.48. The summed E-state index contributed by atoms with van der Waals surface area (Å²) in [5, 5.41) is 7.25. The van der Waals surface area contributed by atoms with Gasteiger partial charge in [-0.05, 0) is 38.8 Å². The SMILES string of the molecule is C1CC[C@@H]([C@H]2CCCCN2)NC1. The first-order valence-corrected chi connectivity index (χ1v) is 5.43. The lowest BCUT2D eigenvalue weighted by molar-refractivity contribution is 0.272. The van der Waals surface area contributed by atoms with Gasteiger partial charge in [-0.3, -0.25) is 0 Å². The molecule has 2 nitrogen and oxygen atoms in total. The van der Waals surface area contributed by atoms with E-state index in [9.17, 15) is 0 Å². The largest absolute Gasteiger partial charge is 0.312 e. The lowest BCUT2D eigenvalue weighted by Crippen LogP contribution is -2.51. The van der Waals surface area contributed by atoms with E-state index in [-0.39, 0.29) is 0 Å². The molecule has 0 bridgehead atoms. The molecule has 2 aliphatic heterocycles. The van der Waals surface area contributed by atoms with E-state index in [0.29, 0.717) is 0 Å². The summed E-state index contributed by atoms with van der Waals surface area (Å²) in [6.07, 6.45) is 8.38. The second-order valence-electron chi connectivity index (χ2n) is 4.11. The third kappa shape index (κ3) is 1.99. The minimum atomic E-state index is 0.777. The van der Waals surface area contributed by atoms with Crippen LogP contribution in [0.1, 0.15) is 38.5 Å². The van der Waals surface area contributed by atoms with Crippen LogP contribution in [0.4, 0.5) is 0 Å². The van der Waals surface area contributed by atoms with E-state index < -0.39 is 0 Å². The summed E-state index contributed by atoms with van der Waals surface area (Å²) in [7, 11) is 0. The molecule has 2 aliphatic rings. The highest BCUT2D eigenvalue weighted by atomic mass is 15.0. The maximum atomic E-state index is 3.63. The van der Waals surface area contributed by atoms with E-state index in [4.69, 9.17) is 0 Å². The molecule has 0 aromatic rings. The molecule has 70 valence electrons. The highest BCUT2D eigenvalue weighted by Crippen LogP contribution is 2.16. The number of piperidine rings is 2. The zero-order valence-electron chi connectivity index (χ0n) is 7.81. The molecule has 0 aliphatic carbocycles. The number of hydrogen-bond donors (Lipinski definition) is 2. The molecule has 2 heteroatoms. The van der Waals surface area contributed by atoms with Gasteiger partial charge in [0, 0.05) is 12.1 Å². The molecule has 2 fully saturated rings. The third-order valence-electron chi connectivity index (χ3n) is 3.18. The van der Waals surface area contributed by atoms with Crippen LogP contribution in [0.25, 0.3) is 0 Å². The normalized spacial score (nSPS) is 38.0. The van der Waals surface area contributed by atoms with Crippen molar-refractivity contribution < 1.29 is 0 Å². The lowest BCUT2D eigenvalue weighted by Gasteiger charge is -2.34. The molecular weight excluding hydrogens is 148 g/mol. The van der Waals surface area contributed by atoms with Gasteiger partial charge in [-0.25, -0.2) is 0 Å². The fourth-order valence-electron chi connectivity index (χ4n) is 2.44. The van der Waals surface area contributed by atoms with Crippen molar-refractivity contribution in [3.8, 4) is 0 Å². The predicted molar refractivity (Wildman–Crippen MR) is 51.3 cm³/mol. The zero-order valence-corrected chi connectivity index (χ0v) is 7.81. The summed E-state index contributed by atoms with van der Waals surface area (Å²) in [5.41, 5.74) is 0. The molecule has 0 radical (unpaired) electrons. The summed E-state index contributed by atoms with van der Waals surface area (Å²) >= 11 is 0. The fraction of sp³-hybridized carbons (Fsp3) is 1.00. The first-order chi connectivity index (χ1) is 5.97. The number of rotatable bonds is 1. The Morgan fingerprint density at radius 3 is 1.50 bits per heavy atom. The van der Waals surface area contributed by atoms with Crippen LogP contribution in [0, 0.1) is 0 Å². The second-order valence-corrected chi connectivity index (χ2v) is 4.11. The Morgan fingerprint density at radius 2 is 1.17 bits per heavy atom. The van der Waals surface area contributed by atoms with Crippen LogP contribution in [0.15, 0.2) is 0 Å². The van der Waals surface area contributed by atoms with Crippen molar-refractivity contribution in [1.82, 2.24) is 10.6 Å². The molecule has 0 saturated carbocycles. The van der Waals surface area contributed by atoms with Gasteiger partial charge in [0.1, 0.15) is 0 Å². The van der Waals surface area contributed by atoms with Gasteiger partial charge >= 0.3 is 0 Å². The molecule has 0 amide bonds. The Bertz CT molecular complexity index is 108. The van der Waals surface area contributed by atoms with E-state index in [1.165, 1.54) is 51.6 Å². The first-order valence-electron chi connectivity index (χ1n) is 5.43. The van der Waals surface area contributed by atoms with Gasteiger partial charge < -0.3 is 10.6 Å². The minimum absolute atomic E-state index is 0.777. The Kier molecular flexibility index (Phi) is 3.01. The summed E-state index contributed by atoms with van der Waals surface area (Å²) in [4.78, 5) is 0. The van der Waals surface area contributed by atoms with Crippen molar-refractivity contribution >= 4 is 0 Å². The molecule has 2 rings (SSSR count). The van der Waals surface area contributed by atoms with Gasteiger partial charge in [-0.15, -0.1) is 0 Å². The third-order valence-corrected chi connectivity index (χ3v) is 3.18. The molecule has 0 unspecified atom stereocenters. The maximum Gasteiger partial charge on any atom is 0.0221 e. The van der Waals surface area contributed by atoms with Gasteiger partial charge in [0.15, 0.2) is 0 Å². The average molecular weight is 168 g/mol. The topological polar surface area (TPSA) is 24.1 Å². The molecule has 2 atom stereocenters. The predicted octanol–water partition coefficient (Wildman–Crippen LogP) is 1.27. The monoisotopic (exact) mass is 168 g/mol. The summed E-state index contributed by atoms with van der Waals surface area (Å²) in [6, 6.07) is 1.55. The van der Waals surface area contributed by atoms with Gasteiger partial charge in [-0.1, -0.05) is 12.8 Å². The molecule has 0 aromatic carbocycles. The quantitative estimate of drug-likeness (QED) is 0.616. The van der Waals surface area contributed by atoms with Crippen molar-refractivity contribution in [2.45, 2.75) is 50.6 Å². The van der Waals surface area contributed by atoms with Crippen LogP contribution in [0.5, 0.6) is 0 Å². The molecule has 12 heavy (non-hydrogen) atoms. The zero-order chi connectivity index (χ0) is 8.23. The molecule has 2 N–H and O–H groups in total. The first kappa shape index (κ1) is 8.52. The molecule has 0 aromatic heterocycles. The Labute approximate surface area is 75.1 Å². The standard InChI is InChI=1S/C10H20N2/c1-3-7-11-9(5-1)10-6-2-4-8-12-10/h9-12H,1-8H2/t9-,10+. The number of hydrogen-bond acceptors (Lipinski definition) is 2. The summed E-state index contributed by atoms with van der Waals surface area (Å²) in [5.74, 6) is 0. The molecular formula is C10H20N2. The van der Waals surface area contributed by atoms with Crippen LogP contribution in [-0.4, -0.2) is 25.2 Å². The molecule has 0 spiro atoms. The highest BCUT2D eigenvalue weighted by Gasteiger charge is 2.23. The van der Waals surface area contributed by atoms with Gasteiger partial charge in [0.2, 0.25) is 0 Å². The van der Waals surface area contributed by atoms with Crippen molar-refractivity contribution in [2.24, 2.45) is 0 Å². The van der Waals surface area contributed by atoms with E-state index in [0.717, 1.165) is 12.1 Å². The molecule has 2 saturated heterocycles. The highest BCUT2D eigenvalue weighted by molar-refractivity contribution is 4.86. The summed E-state index contributed by atoms with van der Waals surface area (Å²) < 4.78 is 0. The van der Waals surface area contributed by atoms with Gasteiger partial charge in [0.25, 0.3) is 0 Å². The van der Waals surface area contributed by atoms with Crippen molar-refractivity contribution in [2.75, 3.05) is 13.1 Å². The van der Waals surface area contributed by atoms with E-state index in [1.54, 1.807) is 0 Å². The van der Waals surface area contributed by atoms with Crippen molar-refractivity contribution in [3.63, 3.8) is 0 Å².